The predicted molar refractivity (Wildman–Crippen MR) is 23.2 cm³/mol. The fraction of sp³-hybridized carbons (Fsp3) is 1.00. The predicted octanol–water partition coefficient (Wildman–Crippen LogP) is 0.293. The molecule has 0 aliphatic rings. The summed E-state index contributed by atoms with van der Waals surface area (Å²) in [4.78, 5) is 0. The molecule has 0 spiro atoms. The van der Waals surface area contributed by atoms with E-state index >= 15 is 0 Å². The summed E-state index contributed by atoms with van der Waals surface area (Å²) >= 11 is 0. The second-order valence-corrected chi connectivity index (χ2v) is 1.92. The normalized spacial score (nSPS) is 10.5. The fourth-order valence-electron chi connectivity index (χ4n) is 0. The van der Waals surface area contributed by atoms with Crippen molar-refractivity contribution in [3.05, 3.63) is 0 Å². The lowest BCUT2D eigenvalue weighted by atomic mass is 11.5. The Bertz CT molecular complexity index is 26.3. The molecule has 0 rings (SSSR count). The summed E-state index contributed by atoms with van der Waals surface area (Å²) in [5.41, 5.74) is 0. The van der Waals surface area contributed by atoms with Gasteiger partial charge in [0.25, 0.3) is 0 Å². The quantitative estimate of drug-likeness (QED) is 0.420. The first kappa shape index (κ1) is 9.57. The fourth-order valence-corrected chi connectivity index (χ4v) is 0. The van der Waals surface area contributed by atoms with Crippen molar-refractivity contribution in [2.45, 2.75) is 5.80 Å². The first-order chi connectivity index (χ1) is 2.00. The van der Waals surface area contributed by atoms with Gasteiger partial charge in [0.1, 0.15) is 10.2 Å². The van der Waals surface area contributed by atoms with Crippen LogP contribution >= 0.6 is 12.4 Å². The molecule has 0 amide bonds. The molecular formula is CH4ClF3Si. The monoisotopic (exact) mass is 136 g/mol. The SMILES string of the molecule is Cl.FC(F)(F)[SiH3]. The van der Waals surface area contributed by atoms with Crippen LogP contribution in [0.5, 0.6) is 0 Å². The van der Waals surface area contributed by atoms with Crippen molar-refractivity contribution in [2.75, 3.05) is 0 Å². The van der Waals surface area contributed by atoms with E-state index in [9.17, 15) is 13.2 Å². The zero-order chi connectivity index (χ0) is 4.50. The summed E-state index contributed by atoms with van der Waals surface area (Å²) in [7, 11) is -0.692. The van der Waals surface area contributed by atoms with Crippen LogP contribution < -0.4 is 0 Å². The maximum Gasteiger partial charge on any atom is 0.351 e. The van der Waals surface area contributed by atoms with Gasteiger partial charge in [0.2, 0.25) is 0 Å². The van der Waals surface area contributed by atoms with Crippen molar-refractivity contribution in [1.82, 2.24) is 0 Å². The molecule has 40 valence electrons. The van der Waals surface area contributed by atoms with Gasteiger partial charge in [-0.05, 0) is 0 Å². The lowest BCUT2D eigenvalue weighted by Crippen LogP contribution is -2.03. The molecule has 0 aromatic carbocycles. The van der Waals surface area contributed by atoms with Crippen molar-refractivity contribution in [3.8, 4) is 0 Å². The van der Waals surface area contributed by atoms with Crippen LogP contribution in [0, 0.1) is 0 Å². The van der Waals surface area contributed by atoms with E-state index in [1.807, 2.05) is 0 Å². The number of hydrogen-bond donors (Lipinski definition) is 0. The molecule has 0 nitrogen and oxygen atoms in total. The molecule has 0 bridgehead atoms. The zero-order valence-electron chi connectivity index (χ0n) is 3.04. The molecule has 5 heteroatoms. The highest BCUT2D eigenvalue weighted by molar-refractivity contribution is 6.11. The van der Waals surface area contributed by atoms with Gasteiger partial charge in [-0.15, -0.1) is 12.4 Å². The Morgan fingerprint density at radius 3 is 1.17 bits per heavy atom. The standard InChI is InChI=1S/CH3F3Si.ClH/c2-1(3,4)5;/h5H3;1H. The molecule has 0 radical (unpaired) electrons. The van der Waals surface area contributed by atoms with Gasteiger partial charge in [-0.2, -0.15) is 13.2 Å². The van der Waals surface area contributed by atoms with E-state index in [1.54, 1.807) is 0 Å². The summed E-state index contributed by atoms with van der Waals surface area (Å²) in [6.07, 6.45) is 0. The maximum atomic E-state index is 10.4. The number of hydrogen-bond acceptors (Lipinski definition) is 0. The first-order valence-electron chi connectivity index (χ1n) is 1.07. The molecule has 0 atom stereocenters. The molecule has 6 heavy (non-hydrogen) atoms. The third-order valence-corrected chi connectivity index (χ3v) is 0. The van der Waals surface area contributed by atoms with Crippen LogP contribution in [-0.2, 0) is 0 Å². The van der Waals surface area contributed by atoms with Gasteiger partial charge in [0.15, 0.2) is 0 Å². The smallest absolute Gasteiger partial charge is 0.178 e. The molecule has 0 saturated carbocycles. The van der Waals surface area contributed by atoms with E-state index in [4.69, 9.17) is 0 Å². The molecule has 0 heterocycles. The van der Waals surface area contributed by atoms with Gasteiger partial charge < -0.3 is 0 Å². The third-order valence-electron chi connectivity index (χ3n) is 0. The van der Waals surface area contributed by atoms with Gasteiger partial charge in [-0.3, -0.25) is 0 Å². The van der Waals surface area contributed by atoms with Crippen LogP contribution in [0.3, 0.4) is 0 Å². The van der Waals surface area contributed by atoms with E-state index in [1.165, 1.54) is 0 Å². The zero-order valence-corrected chi connectivity index (χ0v) is 5.86. The van der Waals surface area contributed by atoms with Gasteiger partial charge in [-0.25, -0.2) is 0 Å². The van der Waals surface area contributed by atoms with Crippen LogP contribution in [0.25, 0.3) is 0 Å². The highest BCUT2D eigenvalue weighted by atomic mass is 35.5. The maximum absolute atomic E-state index is 10.4. The number of halogens is 4. The minimum absolute atomic E-state index is 0. The average Bonchev–Trinajstić information content (AvgIpc) is 0.722. The van der Waals surface area contributed by atoms with Gasteiger partial charge in [0.05, 0.1) is 0 Å². The van der Waals surface area contributed by atoms with E-state index in [2.05, 4.69) is 0 Å². The van der Waals surface area contributed by atoms with Crippen LogP contribution in [0.2, 0.25) is 0 Å². The number of rotatable bonds is 0. The van der Waals surface area contributed by atoms with Crippen molar-refractivity contribution >= 4 is 22.6 Å². The summed E-state index contributed by atoms with van der Waals surface area (Å²) in [6, 6.07) is 0. The molecule has 0 aromatic rings. The summed E-state index contributed by atoms with van der Waals surface area (Å²) in [5, 5.41) is 0. The Kier molecular flexibility index (Phi) is 3.93. The minimum atomic E-state index is -3.86. The molecule has 0 aliphatic heterocycles. The van der Waals surface area contributed by atoms with Crippen LogP contribution in [0.15, 0.2) is 0 Å². The molecule has 0 fully saturated rings. The van der Waals surface area contributed by atoms with Crippen molar-refractivity contribution < 1.29 is 13.2 Å². The largest absolute Gasteiger partial charge is 0.351 e. The van der Waals surface area contributed by atoms with Crippen LogP contribution in [-0.4, -0.2) is 16.0 Å². The molecule has 0 aliphatic carbocycles. The van der Waals surface area contributed by atoms with Gasteiger partial charge in [0, 0.05) is 0 Å². The molecule has 0 N–H and O–H groups in total. The van der Waals surface area contributed by atoms with Gasteiger partial charge in [-0.1, -0.05) is 0 Å². The highest BCUT2D eigenvalue weighted by Crippen LogP contribution is 2.05. The molecule has 0 saturated heterocycles. The van der Waals surface area contributed by atoms with E-state index in [-0.39, 0.29) is 12.4 Å². The van der Waals surface area contributed by atoms with E-state index in [0.29, 0.717) is 0 Å². The van der Waals surface area contributed by atoms with Gasteiger partial charge >= 0.3 is 5.80 Å². The number of alkyl halides is 3. The Balaban J connectivity index is 0. The highest BCUT2D eigenvalue weighted by Gasteiger charge is 2.14. The van der Waals surface area contributed by atoms with Crippen LogP contribution in [0.1, 0.15) is 0 Å². The van der Waals surface area contributed by atoms with Crippen LogP contribution in [0.4, 0.5) is 13.2 Å². The van der Waals surface area contributed by atoms with Crippen molar-refractivity contribution in [3.63, 3.8) is 0 Å². The molecule has 0 unspecified atom stereocenters. The van der Waals surface area contributed by atoms with Crippen molar-refractivity contribution in [2.24, 2.45) is 0 Å². The Hall–Kier alpha value is 0.297. The van der Waals surface area contributed by atoms with E-state index in [0.717, 1.165) is 0 Å². The second-order valence-electron chi connectivity index (χ2n) is 0.781. The summed E-state index contributed by atoms with van der Waals surface area (Å²) in [6.45, 7) is 0. The second kappa shape index (κ2) is 2.47. The van der Waals surface area contributed by atoms with E-state index < -0.39 is 16.0 Å². The summed E-state index contributed by atoms with van der Waals surface area (Å²) < 4.78 is 31.2. The first-order valence-corrected chi connectivity index (χ1v) is 2.07. The lowest BCUT2D eigenvalue weighted by Gasteiger charge is -1.89. The Morgan fingerprint density at radius 1 is 1.17 bits per heavy atom. The molecular weight excluding hydrogens is 133 g/mol. The minimum Gasteiger partial charge on any atom is -0.178 e. The Labute approximate surface area is 42.6 Å². The average molecular weight is 137 g/mol. The topological polar surface area (TPSA) is 0 Å². The lowest BCUT2D eigenvalue weighted by molar-refractivity contribution is -0.0429. The summed E-state index contributed by atoms with van der Waals surface area (Å²) in [5.74, 6) is -3.86. The Morgan fingerprint density at radius 2 is 1.17 bits per heavy atom. The molecule has 0 aromatic heterocycles. The third kappa shape index (κ3) is 530. The van der Waals surface area contributed by atoms with Crippen molar-refractivity contribution in [1.29, 1.82) is 0 Å².